The normalized spacial score (nSPS) is 27.2. The average Bonchev–Trinajstić information content (AvgIpc) is 2.97. The lowest BCUT2D eigenvalue weighted by molar-refractivity contribution is -0.0432. The van der Waals surface area contributed by atoms with Gasteiger partial charge in [0, 0.05) is 13.5 Å². The summed E-state index contributed by atoms with van der Waals surface area (Å²) < 4.78 is 8.47. The summed E-state index contributed by atoms with van der Waals surface area (Å²) in [6.07, 6.45) is 1.38. The minimum absolute atomic E-state index is 0.235. The largest absolute Gasteiger partial charge is 0.394 e. The zero-order valence-electron chi connectivity index (χ0n) is 10.3. The van der Waals surface area contributed by atoms with Gasteiger partial charge in [0.15, 0.2) is 11.2 Å². The lowest BCUT2D eigenvalue weighted by Gasteiger charge is -2.13. The molecule has 8 heteroatoms. The van der Waals surface area contributed by atoms with Gasteiger partial charge >= 0.3 is 0 Å². The number of aliphatic hydroxyl groups excluding tert-OH is 2. The van der Waals surface area contributed by atoms with Gasteiger partial charge in [-0.2, -0.15) is 0 Å². The Hall–Kier alpha value is -1.77. The molecule has 0 spiro atoms. The monoisotopic (exact) mass is 266 g/mol. The molecule has 102 valence electrons. The highest BCUT2D eigenvalue weighted by atomic mass is 16.5. The summed E-state index contributed by atoms with van der Waals surface area (Å²) in [5.74, 6) is 0. The summed E-state index contributed by atoms with van der Waals surface area (Å²) in [5, 5.41) is 18.8. The van der Waals surface area contributed by atoms with Crippen LogP contribution in [-0.4, -0.2) is 48.1 Å². The second-order valence-corrected chi connectivity index (χ2v) is 4.60. The first kappa shape index (κ1) is 12.3. The Morgan fingerprint density at radius 1 is 1.47 bits per heavy atom. The van der Waals surface area contributed by atoms with Crippen molar-refractivity contribution in [2.24, 2.45) is 7.05 Å². The van der Waals surface area contributed by atoms with Crippen LogP contribution in [0.5, 0.6) is 0 Å². The Morgan fingerprint density at radius 3 is 2.95 bits per heavy atom. The fourth-order valence-electron chi connectivity index (χ4n) is 2.26. The molecule has 0 bridgehead atoms. The molecule has 1 saturated heterocycles. The minimum Gasteiger partial charge on any atom is -0.394 e. The van der Waals surface area contributed by atoms with Gasteiger partial charge in [0.2, 0.25) is 0 Å². The molecule has 8 nitrogen and oxygen atoms in total. The second kappa shape index (κ2) is 4.41. The van der Waals surface area contributed by atoms with E-state index in [0.717, 1.165) is 0 Å². The van der Waals surface area contributed by atoms with Crippen molar-refractivity contribution in [2.75, 3.05) is 6.61 Å². The number of aryl methyl sites for hydroxylation is 1. The van der Waals surface area contributed by atoms with Crippen LogP contribution in [-0.2, 0) is 11.8 Å². The standard InChI is InChI=1S/C11H14N4O4/c1-14-4-13-10-9(11(14)18)12-5-15(10)8-2-6(17)7(3-16)19-8/h4-8,16-17H,2-3H2,1H3/t6-,7+,8+/m0/s1. The van der Waals surface area contributed by atoms with E-state index in [1.54, 1.807) is 11.6 Å². The van der Waals surface area contributed by atoms with E-state index in [1.165, 1.54) is 17.2 Å². The third-order valence-corrected chi connectivity index (χ3v) is 3.34. The summed E-state index contributed by atoms with van der Waals surface area (Å²) in [7, 11) is 1.60. The summed E-state index contributed by atoms with van der Waals surface area (Å²) in [4.78, 5) is 20.1. The lowest BCUT2D eigenvalue weighted by atomic mass is 10.2. The number of aromatic nitrogens is 4. The smallest absolute Gasteiger partial charge is 0.281 e. The third kappa shape index (κ3) is 1.84. The van der Waals surface area contributed by atoms with Gasteiger partial charge in [0.25, 0.3) is 5.56 Å². The number of hydrogen-bond donors (Lipinski definition) is 2. The molecule has 0 aliphatic carbocycles. The van der Waals surface area contributed by atoms with Crippen LogP contribution in [0.1, 0.15) is 12.6 Å². The van der Waals surface area contributed by atoms with Crippen LogP contribution in [0.15, 0.2) is 17.4 Å². The van der Waals surface area contributed by atoms with Crippen LogP contribution in [0.2, 0.25) is 0 Å². The van der Waals surface area contributed by atoms with Crippen LogP contribution in [0.25, 0.3) is 11.2 Å². The van der Waals surface area contributed by atoms with Crippen molar-refractivity contribution in [1.82, 2.24) is 19.1 Å². The number of nitrogens with zero attached hydrogens (tertiary/aromatic N) is 4. The molecular weight excluding hydrogens is 252 g/mol. The quantitative estimate of drug-likeness (QED) is 0.705. The van der Waals surface area contributed by atoms with Gasteiger partial charge in [0.1, 0.15) is 12.3 Å². The molecule has 1 aliphatic rings. The number of aliphatic hydroxyl groups is 2. The Kier molecular flexibility index (Phi) is 2.85. The van der Waals surface area contributed by atoms with Gasteiger partial charge in [-0.05, 0) is 0 Å². The van der Waals surface area contributed by atoms with E-state index in [-0.39, 0.29) is 17.7 Å². The minimum atomic E-state index is -0.737. The maximum atomic E-state index is 11.9. The second-order valence-electron chi connectivity index (χ2n) is 4.60. The Bertz CT molecular complexity index is 664. The Morgan fingerprint density at radius 2 is 2.26 bits per heavy atom. The zero-order chi connectivity index (χ0) is 13.6. The molecule has 0 radical (unpaired) electrons. The molecule has 3 rings (SSSR count). The van der Waals surface area contributed by atoms with Crippen molar-refractivity contribution in [3.63, 3.8) is 0 Å². The first-order valence-corrected chi connectivity index (χ1v) is 5.94. The molecule has 0 unspecified atom stereocenters. The van der Waals surface area contributed by atoms with Crippen LogP contribution < -0.4 is 5.56 Å². The highest BCUT2D eigenvalue weighted by Gasteiger charge is 2.35. The van der Waals surface area contributed by atoms with Crippen LogP contribution in [0.3, 0.4) is 0 Å². The molecule has 3 atom stereocenters. The van der Waals surface area contributed by atoms with Gasteiger partial charge in [-0.25, -0.2) is 9.97 Å². The average molecular weight is 266 g/mol. The highest BCUT2D eigenvalue weighted by molar-refractivity contribution is 5.69. The first-order valence-electron chi connectivity index (χ1n) is 5.94. The van der Waals surface area contributed by atoms with E-state index < -0.39 is 18.4 Å². The molecule has 2 aromatic rings. The molecule has 19 heavy (non-hydrogen) atoms. The Balaban J connectivity index is 2.03. The van der Waals surface area contributed by atoms with Crippen molar-refractivity contribution in [3.05, 3.63) is 23.0 Å². The summed E-state index contributed by atoms with van der Waals surface area (Å²) in [5.41, 5.74) is 0.440. The molecule has 0 amide bonds. The summed E-state index contributed by atoms with van der Waals surface area (Å²) >= 11 is 0. The predicted molar refractivity (Wildman–Crippen MR) is 64.4 cm³/mol. The number of ether oxygens (including phenoxy) is 1. The number of imidazole rings is 1. The lowest BCUT2D eigenvalue weighted by Crippen LogP contribution is -2.24. The van der Waals surface area contributed by atoms with E-state index in [1.807, 2.05) is 0 Å². The van der Waals surface area contributed by atoms with Crippen molar-refractivity contribution in [3.8, 4) is 0 Å². The topological polar surface area (TPSA) is 102 Å². The van der Waals surface area contributed by atoms with Gasteiger partial charge in [-0.15, -0.1) is 0 Å². The Labute approximate surface area is 107 Å². The summed E-state index contributed by atoms with van der Waals surface area (Å²) in [6.45, 7) is -0.251. The van der Waals surface area contributed by atoms with E-state index in [9.17, 15) is 9.90 Å². The molecule has 1 aliphatic heterocycles. The molecular formula is C11H14N4O4. The molecule has 3 heterocycles. The maximum Gasteiger partial charge on any atom is 0.281 e. The third-order valence-electron chi connectivity index (χ3n) is 3.34. The maximum absolute atomic E-state index is 11.9. The molecule has 0 aromatic carbocycles. The molecule has 2 N–H and O–H groups in total. The van der Waals surface area contributed by atoms with Gasteiger partial charge in [-0.1, -0.05) is 0 Å². The van der Waals surface area contributed by atoms with Crippen molar-refractivity contribution >= 4 is 11.2 Å². The van der Waals surface area contributed by atoms with E-state index in [0.29, 0.717) is 12.1 Å². The zero-order valence-corrected chi connectivity index (χ0v) is 10.3. The van der Waals surface area contributed by atoms with E-state index >= 15 is 0 Å². The molecule has 1 fully saturated rings. The van der Waals surface area contributed by atoms with Gasteiger partial charge < -0.3 is 19.5 Å². The predicted octanol–water partition coefficient (Wildman–Crippen LogP) is -1.23. The van der Waals surface area contributed by atoms with Crippen molar-refractivity contribution in [1.29, 1.82) is 0 Å². The number of hydrogen-bond acceptors (Lipinski definition) is 6. The number of rotatable bonds is 2. The van der Waals surface area contributed by atoms with Crippen molar-refractivity contribution < 1.29 is 14.9 Å². The van der Waals surface area contributed by atoms with Crippen LogP contribution in [0.4, 0.5) is 0 Å². The van der Waals surface area contributed by atoms with E-state index in [4.69, 9.17) is 9.84 Å². The van der Waals surface area contributed by atoms with E-state index in [2.05, 4.69) is 9.97 Å². The molecule has 2 aromatic heterocycles. The molecule has 0 saturated carbocycles. The number of fused-ring (bicyclic) bond motifs is 1. The summed E-state index contributed by atoms with van der Waals surface area (Å²) in [6, 6.07) is 0. The first-order chi connectivity index (χ1) is 9.11. The van der Waals surface area contributed by atoms with Crippen LogP contribution in [0, 0.1) is 0 Å². The van der Waals surface area contributed by atoms with Gasteiger partial charge in [-0.3, -0.25) is 9.36 Å². The SMILES string of the molecule is Cn1cnc2c(ncn2[C@H]2C[C@H](O)[C@@H](CO)O2)c1=O. The van der Waals surface area contributed by atoms with Gasteiger partial charge in [0.05, 0.1) is 25.4 Å². The highest BCUT2D eigenvalue weighted by Crippen LogP contribution is 2.29. The van der Waals surface area contributed by atoms with Crippen LogP contribution >= 0.6 is 0 Å². The fraction of sp³-hybridized carbons (Fsp3) is 0.545. The van der Waals surface area contributed by atoms with Crippen molar-refractivity contribution in [2.45, 2.75) is 24.9 Å². The fourth-order valence-corrected chi connectivity index (χ4v) is 2.26.